The second kappa shape index (κ2) is 8.73. The number of nitrogens with one attached hydrogen (secondary N) is 2. The lowest BCUT2D eigenvalue weighted by Gasteiger charge is -2.26. The summed E-state index contributed by atoms with van der Waals surface area (Å²) < 4.78 is 1.70. The minimum atomic E-state index is -0.367. The number of rotatable bonds is 2. The van der Waals surface area contributed by atoms with E-state index in [2.05, 4.69) is 30.0 Å². The molecule has 0 spiro atoms. The van der Waals surface area contributed by atoms with Gasteiger partial charge in [-0.3, -0.25) is 9.59 Å². The lowest BCUT2D eigenvalue weighted by Crippen LogP contribution is -2.36. The second-order valence-electron chi connectivity index (χ2n) is 8.82. The Balaban J connectivity index is 1.55. The molecule has 40 heavy (non-hydrogen) atoms. The van der Waals surface area contributed by atoms with Gasteiger partial charge >= 0.3 is 0 Å². The third-order valence-electron chi connectivity index (χ3n) is 6.25. The summed E-state index contributed by atoms with van der Waals surface area (Å²) in [6.07, 6.45) is 9.28. The number of aromatic nitrogens is 8. The number of anilines is 3. The molecule has 0 saturated heterocycles. The van der Waals surface area contributed by atoms with E-state index in [9.17, 15) is 19.8 Å². The van der Waals surface area contributed by atoms with Gasteiger partial charge in [-0.2, -0.15) is 25.0 Å². The fourth-order valence-electron chi connectivity index (χ4n) is 4.42. The van der Waals surface area contributed by atoms with E-state index in [0.717, 1.165) is 17.8 Å². The normalized spacial score (nSPS) is 18.4. The van der Waals surface area contributed by atoms with Crippen molar-refractivity contribution in [1.29, 1.82) is 0 Å². The van der Waals surface area contributed by atoms with Crippen molar-refractivity contribution >= 4 is 40.6 Å². The monoisotopic (exact) mass is 531 g/mol. The van der Waals surface area contributed by atoms with Crippen molar-refractivity contribution in [2.24, 2.45) is 0 Å². The molecular formula is C27H17N9O4. The summed E-state index contributed by atoms with van der Waals surface area (Å²) in [6, 6.07) is 11.3. The Morgan fingerprint density at radius 1 is 0.725 bits per heavy atom. The molecule has 7 rings (SSSR count). The Bertz CT molecular complexity index is 1920. The minimum Gasteiger partial charge on any atom is -0.507 e. The number of benzene rings is 1. The van der Waals surface area contributed by atoms with Gasteiger partial charge in [-0.25, -0.2) is 9.58 Å². The third-order valence-corrected chi connectivity index (χ3v) is 6.25. The third kappa shape index (κ3) is 3.77. The predicted molar refractivity (Wildman–Crippen MR) is 142 cm³/mol. The maximum absolute atomic E-state index is 11.7. The van der Waals surface area contributed by atoms with Crippen molar-refractivity contribution in [3.05, 3.63) is 102 Å². The average molecular weight is 531 g/mol. The van der Waals surface area contributed by atoms with Crippen LogP contribution in [0.1, 0.15) is 0 Å². The number of aliphatic hydroxyl groups excluding tert-OH is 2. The summed E-state index contributed by atoms with van der Waals surface area (Å²) in [5.74, 6) is -0.262. The molecule has 2 aliphatic carbocycles. The Labute approximate surface area is 223 Å². The lowest BCUT2D eigenvalue weighted by atomic mass is 10.1. The number of carbonyl (C=O) groups excluding carboxylic acids is 2. The summed E-state index contributed by atoms with van der Waals surface area (Å²) in [6.45, 7) is 0. The number of hydrogen-bond donors (Lipinski definition) is 4. The molecule has 4 heterocycles. The minimum absolute atomic E-state index is 0.0903. The lowest BCUT2D eigenvalue weighted by molar-refractivity contribution is -0.111. The molecule has 0 atom stereocenters. The molecule has 194 valence electrons. The van der Waals surface area contributed by atoms with Gasteiger partial charge in [-0.15, -0.1) is 0 Å². The van der Waals surface area contributed by atoms with Crippen molar-refractivity contribution in [1.82, 2.24) is 39.7 Å². The topological polar surface area (TPSA) is 179 Å². The van der Waals surface area contributed by atoms with Crippen LogP contribution >= 0.6 is 0 Å². The largest absolute Gasteiger partial charge is 0.507 e. The first-order valence-corrected chi connectivity index (χ1v) is 12.0. The highest BCUT2D eigenvalue weighted by atomic mass is 16.3. The van der Waals surface area contributed by atoms with Crippen molar-refractivity contribution in [3.8, 4) is 17.2 Å². The first-order valence-electron chi connectivity index (χ1n) is 12.0. The number of aromatic amines is 2. The number of allylic oxidation sites excluding steroid dienone is 6. The van der Waals surface area contributed by atoms with E-state index in [-0.39, 0.29) is 63.0 Å². The van der Waals surface area contributed by atoms with Crippen LogP contribution in [-0.2, 0) is 9.59 Å². The summed E-state index contributed by atoms with van der Waals surface area (Å²) in [5.41, 5.74) is 2.19. The SMILES string of the molecule is O=C1C=C/C(=c2\nc3nc(-c4ccnn4-c4ccccc4)[nH]c4n/c(=C5/C=CC(=O)C=C5O)[nH]c(n2)N34)C(O)=C1. The smallest absolute Gasteiger partial charge is 0.243 e. The summed E-state index contributed by atoms with van der Waals surface area (Å²) >= 11 is 0. The Morgan fingerprint density at radius 2 is 1.43 bits per heavy atom. The summed E-state index contributed by atoms with van der Waals surface area (Å²) in [4.78, 5) is 49.7. The van der Waals surface area contributed by atoms with Gasteiger partial charge in [0, 0.05) is 12.2 Å². The summed E-state index contributed by atoms with van der Waals surface area (Å²) in [7, 11) is 0. The first kappa shape index (κ1) is 23.0. The number of aliphatic hydroxyl groups is 2. The van der Waals surface area contributed by atoms with Crippen molar-refractivity contribution in [2.75, 3.05) is 4.90 Å². The van der Waals surface area contributed by atoms with Gasteiger partial charge in [0.25, 0.3) is 0 Å². The molecule has 0 radical (unpaired) electrons. The zero-order valence-corrected chi connectivity index (χ0v) is 20.3. The van der Waals surface area contributed by atoms with Crippen molar-refractivity contribution in [2.45, 2.75) is 0 Å². The van der Waals surface area contributed by atoms with E-state index >= 15 is 0 Å². The molecule has 13 heteroatoms. The summed E-state index contributed by atoms with van der Waals surface area (Å²) in [5, 5.41) is 25.4. The van der Waals surface area contributed by atoms with E-state index in [1.54, 1.807) is 16.9 Å². The van der Waals surface area contributed by atoms with E-state index in [1.165, 1.54) is 29.2 Å². The van der Waals surface area contributed by atoms with Crippen LogP contribution < -0.4 is 15.9 Å². The van der Waals surface area contributed by atoms with Gasteiger partial charge in [-0.1, -0.05) is 18.2 Å². The number of nitrogens with zero attached hydrogens (tertiary/aromatic N) is 7. The number of ketones is 2. The van der Waals surface area contributed by atoms with Gasteiger partial charge in [0.1, 0.15) is 22.7 Å². The van der Waals surface area contributed by atoms with E-state index in [1.807, 2.05) is 30.3 Å². The average Bonchev–Trinajstić information content (AvgIpc) is 3.43. The van der Waals surface area contributed by atoms with Gasteiger partial charge in [0.15, 0.2) is 22.9 Å². The second-order valence-corrected chi connectivity index (χ2v) is 8.82. The van der Waals surface area contributed by atoms with E-state index in [4.69, 9.17) is 4.98 Å². The fourth-order valence-corrected chi connectivity index (χ4v) is 4.42. The van der Waals surface area contributed by atoms with Gasteiger partial charge < -0.3 is 20.2 Å². The molecule has 1 aromatic carbocycles. The highest BCUT2D eigenvalue weighted by molar-refractivity contribution is 6.06. The van der Waals surface area contributed by atoms with Crippen LogP contribution in [0.15, 0.2) is 90.6 Å². The molecular weight excluding hydrogens is 514 g/mol. The molecule has 0 saturated carbocycles. The first-order chi connectivity index (χ1) is 19.4. The van der Waals surface area contributed by atoms with Crippen LogP contribution in [0.25, 0.3) is 28.4 Å². The van der Waals surface area contributed by atoms with E-state index in [0.29, 0.717) is 11.5 Å². The van der Waals surface area contributed by atoms with E-state index < -0.39 is 0 Å². The molecule has 13 nitrogen and oxygen atoms in total. The molecule has 4 N–H and O–H groups in total. The van der Waals surface area contributed by atoms with Crippen LogP contribution in [0.3, 0.4) is 0 Å². The maximum Gasteiger partial charge on any atom is 0.243 e. The molecule has 2 aromatic rings. The quantitative estimate of drug-likeness (QED) is 0.261. The molecule has 3 aliphatic heterocycles. The Morgan fingerprint density at radius 3 is 2.15 bits per heavy atom. The highest BCUT2D eigenvalue weighted by Crippen LogP contribution is 2.31. The molecule has 5 aliphatic rings. The van der Waals surface area contributed by atoms with Crippen LogP contribution in [0, 0.1) is 0 Å². The predicted octanol–water partition coefficient (Wildman–Crippen LogP) is 1.58. The Kier molecular flexibility index (Phi) is 5.03. The van der Waals surface area contributed by atoms with Crippen LogP contribution in [0.5, 0.6) is 0 Å². The fraction of sp³-hybridized carbons (Fsp3) is 0. The van der Waals surface area contributed by atoms with Crippen molar-refractivity contribution in [3.63, 3.8) is 0 Å². The molecule has 0 amide bonds. The molecule has 0 bridgehead atoms. The molecule has 1 aromatic heterocycles. The van der Waals surface area contributed by atoms with Crippen molar-refractivity contribution < 1.29 is 19.8 Å². The zero-order valence-electron chi connectivity index (χ0n) is 20.3. The van der Waals surface area contributed by atoms with Crippen LogP contribution in [0.4, 0.5) is 17.8 Å². The van der Waals surface area contributed by atoms with Gasteiger partial charge in [-0.05, 0) is 42.5 Å². The Hall–Kier alpha value is -6.11. The standard InChI is InChI=1S/C27H17N9O4/c37-15-6-8-17(20(39)12-15)22-29-25-30-23(18-9-7-16(38)13-21(18)40)32-27-34-24(33-26(31-22)35(25)27)19-10-11-28-36(19)14-4-2-1-3-5-14/h1-13,39-40H,(H,29,30)(H,31,32,33,34)/b22-17-,23-18+. The number of H-pyrrole nitrogens is 2. The highest BCUT2D eigenvalue weighted by Gasteiger charge is 2.29. The van der Waals surface area contributed by atoms with Gasteiger partial charge in [0.05, 0.1) is 23.0 Å². The number of carbonyl (C=O) groups is 2. The van der Waals surface area contributed by atoms with Crippen LogP contribution in [0.2, 0.25) is 0 Å². The maximum atomic E-state index is 11.7. The zero-order chi connectivity index (χ0) is 27.4. The number of hydrogen-bond acceptors (Lipinski definition) is 10. The molecule has 0 unspecified atom stereocenters. The van der Waals surface area contributed by atoms with Crippen LogP contribution in [-0.4, -0.2) is 61.5 Å². The number of para-hydroxylation sites is 1. The van der Waals surface area contributed by atoms with Gasteiger partial charge in [0.2, 0.25) is 17.8 Å². The molecule has 0 fully saturated rings.